The third-order valence-corrected chi connectivity index (χ3v) is 4.13. The van der Waals surface area contributed by atoms with E-state index in [-0.39, 0.29) is 19.0 Å². The first-order valence-electron chi connectivity index (χ1n) is 7.46. The Balaban J connectivity index is 2.09. The van der Waals surface area contributed by atoms with Crippen molar-refractivity contribution in [2.24, 2.45) is 0 Å². The predicted octanol–water partition coefficient (Wildman–Crippen LogP) is 3.07. The Morgan fingerprint density at radius 2 is 2.00 bits per heavy atom. The van der Waals surface area contributed by atoms with Crippen LogP contribution in [0.2, 0.25) is 5.02 Å². The summed E-state index contributed by atoms with van der Waals surface area (Å²) in [5.74, 6) is 0.0681. The second kappa shape index (κ2) is 7.77. The molecule has 8 heteroatoms. The van der Waals surface area contributed by atoms with Gasteiger partial charge >= 0.3 is 0 Å². The van der Waals surface area contributed by atoms with Gasteiger partial charge in [-0.15, -0.1) is 5.10 Å². The molecule has 0 fully saturated rings. The van der Waals surface area contributed by atoms with Gasteiger partial charge in [0.2, 0.25) is 5.82 Å². The molecule has 2 N–H and O–H groups in total. The lowest BCUT2D eigenvalue weighted by molar-refractivity contribution is 0.0934. The van der Waals surface area contributed by atoms with Gasteiger partial charge in [0.05, 0.1) is 12.3 Å². The highest BCUT2D eigenvalue weighted by Gasteiger charge is 2.18. The van der Waals surface area contributed by atoms with Crippen LogP contribution in [-0.4, -0.2) is 38.9 Å². The third-order valence-electron chi connectivity index (χ3n) is 3.36. The van der Waals surface area contributed by atoms with E-state index in [0.29, 0.717) is 10.8 Å². The van der Waals surface area contributed by atoms with Crippen molar-refractivity contribution in [2.45, 2.75) is 0 Å². The van der Waals surface area contributed by atoms with Crippen LogP contribution in [0.15, 0.2) is 53.0 Å². The molecule has 3 aromatic rings. The molecule has 0 spiro atoms. The normalized spacial score (nSPS) is 10.7. The Bertz CT molecular complexity index is 896. The number of rotatable bonds is 5. The minimum atomic E-state index is -0.451. The molecule has 0 aliphatic rings. The molecule has 0 saturated carbocycles. The summed E-state index contributed by atoms with van der Waals surface area (Å²) in [6.07, 6.45) is 0. The van der Waals surface area contributed by atoms with E-state index < -0.39 is 5.91 Å². The largest absolute Gasteiger partial charge is 0.395 e. The summed E-state index contributed by atoms with van der Waals surface area (Å²) in [7, 11) is 0. The first-order valence-corrected chi connectivity index (χ1v) is 8.63. The molecule has 0 aliphatic carbocycles. The number of hydrogen-bond donors (Lipinski definition) is 2. The lowest BCUT2D eigenvalue weighted by Crippen LogP contribution is -2.27. The number of aliphatic hydroxyl groups is 1. The molecule has 0 saturated heterocycles. The number of nitrogens with one attached hydrogen (secondary N) is 1. The number of carbonyl (C=O) groups is 1. The van der Waals surface area contributed by atoms with Crippen LogP contribution < -0.4 is 5.32 Å². The van der Waals surface area contributed by atoms with Gasteiger partial charge in [-0.1, -0.05) is 39.7 Å². The summed E-state index contributed by atoms with van der Waals surface area (Å²) < 4.78 is 2.52. The molecule has 3 rings (SSSR count). The number of nitrogens with zero attached hydrogens (tertiary/aromatic N) is 3. The van der Waals surface area contributed by atoms with E-state index in [2.05, 4.69) is 31.3 Å². The van der Waals surface area contributed by atoms with Crippen LogP contribution in [0.5, 0.6) is 0 Å². The van der Waals surface area contributed by atoms with E-state index in [9.17, 15) is 4.79 Å². The van der Waals surface area contributed by atoms with Crippen LogP contribution in [-0.2, 0) is 0 Å². The van der Waals surface area contributed by atoms with Crippen LogP contribution in [0.25, 0.3) is 17.1 Å². The maximum absolute atomic E-state index is 12.2. The number of amides is 1. The molecule has 0 radical (unpaired) electrons. The maximum atomic E-state index is 12.2. The molecule has 1 heterocycles. The summed E-state index contributed by atoms with van der Waals surface area (Å²) in [5.41, 5.74) is 1.50. The van der Waals surface area contributed by atoms with Gasteiger partial charge in [0, 0.05) is 21.6 Å². The van der Waals surface area contributed by atoms with Gasteiger partial charge in [-0.05, 0) is 36.4 Å². The first kappa shape index (κ1) is 17.6. The number of aliphatic hydroxyl groups excluding tert-OH is 1. The average molecular weight is 422 g/mol. The number of carbonyl (C=O) groups excluding carboxylic acids is 1. The van der Waals surface area contributed by atoms with Crippen LogP contribution in [0, 0.1) is 0 Å². The molecule has 128 valence electrons. The fourth-order valence-corrected chi connectivity index (χ4v) is 2.69. The van der Waals surface area contributed by atoms with E-state index in [1.54, 1.807) is 16.8 Å². The molecular formula is C17H14BrClN4O2. The third kappa shape index (κ3) is 4.07. The smallest absolute Gasteiger partial charge is 0.291 e. The molecule has 0 unspecified atom stereocenters. The molecule has 0 atom stereocenters. The van der Waals surface area contributed by atoms with E-state index >= 15 is 0 Å². The number of hydrogen-bond acceptors (Lipinski definition) is 4. The molecule has 0 aliphatic heterocycles. The molecule has 1 aromatic heterocycles. The Labute approximate surface area is 157 Å². The zero-order chi connectivity index (χ0) is 17.8. The lowest BCUT2D eigenvalue weighted by atomic mass is 10.2. The van der Waals surface area contributed by atoms with Gasteiger partial charge in [-0.3, -0.25) is 4.79 Å². The van der Waals surface area contributed by atoms with Crippen LogP contribution >= 0.6 is 27.5 Å². The summed E-state index contributed by atoms with van der Waals surface area (Å²) >= 11 is 9.48. The molecular weight excluding hydrogens is 408 g/mol. The van der Waals surface area contributed by atoms with Crippen LogP contribution in [0.1, 0.15) is 10.6 Å². The van der Waals surface area contributed by atoms with Gasteiger partial charge in [0.15, 0.2) is 5.82 Å². The Hall–Kier alpha value is -2.22. The predicted molar refractivity (Wildman–Crippen MR) is 98.9 cm³/mol. The molecule has 25 heavy (non-hydrogen) atoms. The topological polar surface area (TPSA) is 80.0 Å². The quantitative estimate of drug-likeness (QED) is 0.663. The summed E-state index contributed by atoms with van der Waals surface area (Å²) in [6.45, 7) is -0.0154. The van der Waals surface area contributed by atoms with Crippen molar-refractivity contribution >= 4 is 33.4 Å². The Kier molecular flexibility index (Phi) is 5.47. The fourth-order valence-electron chi connectivity index (χ4n) is 2.23. The van der Waals surface area contributed by atoms with Crippen LogP contribution in [0.3, 0.4) is 0 Å². The number of halogens is 2. The number of aromatic nitrogens is 3. The summed E-state index contributed by atoms with van der Waals surface area (Å²) in [6, 6.07) is 14.7. The van der Waals surface area contributed by atoms with E-state index in [4.69, 9.17) is 16.7 Å². The molecule has 2 aromatic carbocycles. The number of benzene rings is 2. The highest BCUT2D eigenvalue weighted by molar-refractivity contribution is 9.10. The van der Waals surface area contributed by atoms with Crippen molar-refractivity contribution in [3.05, 3.63) is 63.9 Å². The van der Waals surface area contributed by atoms with Crippen LogP contribution in [0.4, 0.5) is 0 Å². The van der Waals surface area contributed by atoms with Gasteiger partial charge in [0.1, 0.15) is 0 Å². The molecule has 6 nitrogen and oxygen atoms in total. The van der Waals surface area contributed by atoms with Crippen molar-refractivity contribution in [3.8, 4) is 17.1 Å². The standard InChI is InChI=1S/C17H14BrClN4O2/c18-12-4-6-14(7-5-12)23-16(11-2-1-3-13(19)10-11)21-15(22-23)17(25)20-8-9-24/h1-7,10,24H,8-9H2,(H,20,25). The van der Waals surface area contributed by atoms with Crippen molar-refractivity contribution in [1.82, 2.24) is 20.1 Å². The van der Waals surface area contributed by atoms with Gasteiger partial charge in [-0.25, -0.2) is 9.67 Å². The summed E-state index contributed by atoms with van der Waals surface area (Å²) in [4.78, 5) is 16.5. The van der Waals surface area contributed by atoms with E-state index in [1.807, 2.05) is 36.4 Å². The SMILES string of the molecule is O=C(NCCO)c1nc(-c2cccc(Cl)c2)n(-c2ccc(Br)cc2)n1. The molecule has 1 amide bonds. The van der Waals surface area contributed by atoms with Gasteiger partial charge < -0.3 is 10.4 Å². The Morgan fingerprint density at radius 3 is 2.68 bits per heavy atom. The minimum absolute atomic E-state index is 0.0198. The van der Waals surface area contributed by atoms with E-state index in [1.165, 1.54) is 0 Å². The van der Waals surface area contributed by atoms with Crippen molar-refractivity contribution in [2.75, 3.05) is 13.2 Å². The zero-order valence-corrected chi connectivity index (χ0v) is 15.3. The van der Waals surface area contributed by atoms with E-state index in [0.717, 1.165) is 15.7 Å². The summed E-state index contributed by atoms with van der Waals surface area (Å²) in [5, 5.41) is 16.3. The fraction of sp³-hybridized carbons (Fsp3) is 0.118. The van der Waals surface area contributed by atoms with Crippen molar-refractivity contribution in [3.63, 3.8) is 0 Å². The zero-order valence-electron chi connectivity index (χ0n) is 13.0. The minimum Gasteiger partial charge on any atom is -0.395 e. The highest BCUT2D eigenvalue weighted by atomic mass is 79.9. The molecule has 0 bridgehead atoms. The maximum Gasteiger partial charge on any atom is 0.291 e. The van der Waals surface area contributed by atoms with Gasteiger partial charge in [-0.2, -0.15) is 0 Å². The first-order chi connectivity index (χ1) is 12.1. The highest BCUT2D eigenvalue weighted by Crippen LogP contribution is 2.24. The van der Waals surface area contributed by atoms with Crippen molar-refractivity contribution in [1.29, 1.82) is 0 Å². The second-order valence-corrected chi connectivity index (χ2v) is 6.49. The monoisotopic (exact) mass is 420 g/mol. The van der Waals surface area contributed by atoms with Crippen molar-refractivity contribution < 1.29 is 9.90 Å². The average Bonchev–Trinajstić information content (AvgIpc) is 3.06. The lowest BCUT2D eigenvalue weighted by Gasteiger charge is -2.06. The second-order valence-electron chi connectivity index (χ2n) is 5.14. The van der Waals surface area contributed by atoms with Gasteiger partial charge in [0.25, 0.3) is 5.91 Å². The Morgan fingerprint density at radius 1 is 1.24 bits per heavy atom.